The lowest BCUT2D eigenvalue weighted by molar-refractivity contribution is 0.0621. The molecule has 0 bridgehead atoms. The lowest BCUT2D eigenvalue weighted by Crippen LogP contribution is -2.44. The number of guanidine groups is 1. The molecule has 0 aliphatic carbocycles. The topological polar surface area (TPSA) is 80.4 Å². The number of nitriles is 1. The van der Waals surface area contributed by atoms with E-state index >= 15 is 0 Å². The van der Waals surface area contributed by atoms with Crippen molar-refractivity contribution in [3.8, 4) is 6.07 Å². The van der Waals surface area contributed by atoms with Gasteiger partial charge in [-0.05, 0) is 53.9 Å². The van der Waals surface area contributed by atoms with Crippen molar-refractivity contribution in [3.63, 3.8) is 0 Å². The second-order valence-corrected chi connectivity index (χ2v) is 6.43. The zero-order valence-corrected chi connectivity index (χ0v) is 17.5. The van der Waals surface area contributed by atoms with E-state index in [-0.39, 0.29) is 24.0 Å². The molecule has 7 heteroatoms. The maximum atomic E-state index is 10.6. The number of thiophene rings is 1. The number of benzene rings is 1. The van der Waals surface area contributed by atoms with Crippen LogP contribution in [0.2, 0.25) is 0 Å². The Labute approximate surface area is 169 Å². The summed E-state index contributed by atoms with van der Waals surface area (Å²) in [6.45, 7) is 5.32. The number of hydrogen-bond donors (Lipinski definition) is 3. The first-order valence-electron chi connectivity index (χ1n) is 7.81. The van der Waals surface area contributed by atoms with Gasteiger partial charge in [0.05, 0.1) is 24.7 Å². The molecule has 1 heterocycles. The average Bonchev–Trinajstić information content (AvgIpc) is 3.13. The van der Waals surface area contributed by atoms with Crippen LogP contribution in [0.25, 0.3) is 0 Å². The van der Waals surface area contributed by atoms with E-state index in [1.54, 1.807) is 24.3 Å². The molecule has 0 radical (unpaired) electrons. The van der Waals surface area contributed by atoms with Crippen molar-refractivity contribution in [3.05, 3.63) is 57.8 Å². The molecule has 1 atom stereocenters. The normalized spacial score (nSPS) is 13.3. The van der Waals surface area contributed by atoms with Gasteiger partial charge in [0.15, 0.2) is 5.96 Å². The van der Waals surface area contributed by atoms with Crippen molar-refractivity contribution in [2.75, 3.05) is 13.1 Å². The van der Waals surface area contributed by atoms with Gasteiger partial charge in [0.1, 0.15) is 5.60 Å². The molecule has 0 amide bonds. The summed E-state index contributed by atoms with van der Waals surface area (Å²) < 4.78 is 0. The summed E-state index contributed by atoms with van der Waals surface area (Å²) in [6.07, 6.45) is 0. The Morgan fingerprint density at radius 1 is 1.36 bits per heavy atom. The largest absolute Gasteiger partial charge is 0.384 e. The van der Waals surface area contributed by atoms with E-state index in [0.717, 1.165) is 17.7 Å². The van der Waals surface area contributed by atoms with Crippen molar-refractivity contribution in [2.45, 2.75) is 26.0 Å². The van der Waals surface area contributed by atoms with Crippen LogP contribution in [0.5, 0.6) is 0 Å². The van der Waals surface area contributed by atoms with Crippen LogP contribution in [-0.4, -0.2) is 24.2 Å². The van der Waals surface area contributed by atoms with E-state index in [1.807, 2.05) is 41.9 Å². The van der Waals surface area contributed by atoms with E-state index in [1.165, 1.54) is 0 Å². The van der Waals surface area contributed by atoms with Crippen LogP contribution >= 0.6 is 35.3 Å². The minimum Gasteiger partial charge on any atom is -0.384 e. The number of nitrogens with one attached hydrogen (secondary N) is 2. The average molecular weight is 470 g/mol. The van der Waals surface area contributed by atoms with Crippen LogP contribution in [0, 0.1) is 11.3 Å². The minimum atomic E-state index is -0.961. The molecular formula is C18H23IN4OS. The minimum absolute atomic E-state index is 0. The second kappa shape index (κ2) is 10.4. The molecule has 2 aromatic rings. The number of rotatable bonds is 6. The standard InChI is InChI=1S/C18H22N4OS.HI/c1-3-20-17(21-11-15-6-4-5-14(9-15)10-19)22-13-18(2,23)16-7-8-24-12-16;/h4-9,12,23H,3,11,13H2,1-2H3,(H2,20,21,22);1H. The highest BCUT2D eigenvalue weighted by molar-refractivity contribution is 14.0. The van der Waals surface area contributed by atoms with Gasteiger partial charge in [0.25, 0.3) is 0 Å². The van der Waals surface area contributed by atoms with E-state index < -0.39 is 5.60 Å². The molecule has 5 nitrogen and oxygen atoms in total. The maximum absolute atomic E-state index is 10.6. The van der Waals surface area contributed by atoms with Crippen molar-refractivity contribution in [1.82, 2.24) is 10.6 Å². The fourth-order valence-electron chi connectivity index (χ4n) is 2.18. The van der Waals surface area contributed by atoms with E-state index in [0.29, 0.717) is 24.6 Å². The van der Waals surface area contributed by atoms with Crippen LogP contribution in [0.4, 0.5) is 0 Å². The molecule has 25 heavy (non-hydrogen) atoms. The SMILES string of the molecule is CCNC(=NCc1cccc(C#N)c1)NCC(C)(O)c1ccsc1.I. The van der Waals surface area contributed by atoms with Crippen LogP contribution in [0.15, 0.2) is 46.1 Å². The van der Waals surface area contributed by atoms with Gasteiger partial charge in [-0.2, -0.15) is 16.6 Å². The first kappa shape index (κ1) is 21.4. The van der Waals surface area contributed by atoms with Crippen molar-refractivity contribution in [1.29, 1.82) is 5.26 Å². The summed E-state index contributed by atoms with van der Waals surface area (Å²) >= 11 is 1.56. The third-order valence-corrected chi connectivity index (χ3v) is 4.25. The molecule has 1 unspecified atom stereocenters. The fourth-order valence-corrected chi connectivity index (χ4v) is 2.96. The third kappa shape index (κ3) is 6.65. The molecule has 0 aliphatic heterocycles. The summed E-state index contributed by atoms with van der Waals surface area (Å²) in [6, 6.07) is 11.4. The van der Waals surface area contributed by atoms with Gasteiger partial charge in [0.2, 0.25) is 0 Å². The Morgan fingerprint density at radius 2 is 2.16 bits per heavy atom. The Balaban J connectivity index is 0.00000312. The van der Waals surface area contributed by atoms with E-state index in [4.69, 9.17) is 5.26 Å². The Kier molecular flexibility index (Phi) is 8.89. The van der Waals surface area contributed by atoms with Gasteiger partial charge < -0.3 is 15.7 Å². The number of aliphatic imine (C=N–C) groups is 1. The van der Waals surface area contributed by atoms with Crippen molar-refractivity contribution in [2.24, 2.45) is 4.99 Å². The van der Waals surface area contributed by atoms with Crippen LogP contribution in [0.1, 0.15) is 30.5 Å². The van der Waals surface area contributed by atoms with E-state index in [9.17, 15) is 5.11 Å². The summed E-state index contributed by atoms with van der Waals surface area (Å²) in [4.78, 5) is 4.52. The van der Waals surface area contributed by atoms with Crippen molar-refractivity contribution < 1.29 is 5.11 Å². The predicted octanol–water partition coefficient (Wildman–Crippen LogP) is 3.20. The monoisotopic (exact) mass is 470 g/mol. The zero-order chi connectivity index (χ0) is 17.4. The number of hydrogen-bond acceptors (Lipinski definition) is 4. The quantitative estimate of drug-likeness (QED) is 0.344. The Morgan fingerprint density at radius 3 is 2.80 bits per heavy atom. The van der Waals surface area contributed by atoms with Crippen molar-refractivity contribution >= 4 is 41.3 Å². The lowest BCUT2D eigenvalue weighted by Gasteiger charge is -2.24. The smallest absolute Gasteiger partial charge is 0.191 e. The number of nitrogens with zero attached hydrogens (tertiary/aromatic N) is 2. The molecular weight excluding hydrogens is 447 g/mol. The summed E-state index contributed by atoms with van der Waals surface area (Å²) in [5, 5.41) is 29.8. The highest BCUT2D eigenvalue weighted by Crippen LogP contribution is 2.21. The fraction of sp³-hybridized carbons (Fsp3) is 0.333. The Bertz CT molecular complexity index is 723. The van der Waals surface area contributed by atoms with Gasteiger partial charge in [-0.15, -0.1) is 24.0 Å². The Hall–Kier alpha value is -1.63. The molecule has 0 saturated carbocycles. The molecule has 0 aliphatic rings. The zero-order valence-electron chi connectivity index (χ0n) is 14.3. The molecule has 134 valence electrons. The van der Waals surface area contributed by atoms with Crippen LogP contribution < -0.4 is 10.6 Å². The molecule has 3 N–H and O–H groups in total. The molecule has 0 saturated heterocycles. The second-order valence-electron chi connectivity index (χ2n) is 5.65. The summed E-state index contributed by atoms with van der Waals surface area (Å²) in [5.41, 5.74) is 1.52. The van der Waals surface area contributed by atoms with Gasteiger partial charge in [0, 0.05) is 6.54 Å². The highest BCUT2D eigenvalue weighted by atomic mass is 127. The lowest BCUT2D eigenvalue weighted by atomic mass is 9.99. The number of halogens is 1. The summed E-state index contributed by atoms with van der Waals surface area (Å²) in [5.74, 6) is 0.635. The van der Waals surface area contributed by atoms with Gasteiger partial charge in [-0.1, -0.05) is 12.1 Å². The molecule has 0 spiro atoms. The first-order chi connectivity index (χ1) is 11.5. The molecule has 1 aromatic heterocycles. The van der Waals surface area contributed by atoms with Crippen LogP contribution in [0.3, 0.4) is 0 Å². The first-order valence-corrected chi connectivity index (χ1v) is 8.75. The number of aliphatic hydroxyl groups is 1. The van der Waals surface area contributed by atoms with Gasteiger partial charge in [-0.25, -0.2) is 4.99 Å². The van der Waals surface area contributed by atoms with E-state index in [2.05, 4.69) is 21.7 Å². The molecule has 0 fully saturated rings. The van der Waals surface area contributed by atoms with Crippen LogP contribution in [-0.2, 0) is 12.1 Å². The molecule has 2 rings (SSSR count). The third-order valence-electron chi connectivity index (χ3n) is 3.56. The summed E-state index contributed by atoms with van der Waals surface area (Å²) in [7, 11) is 0. The van der Waals surface area contributed by atoms with Gasteiger partial charge in [-0.3, -0.25) is 0 Å². The maximum Gasteiger partial charge on any atom is 0.191 e. The predicted molar refractivity (Wildman–Crippen MR) is 113 cm³/mol. The molecule has 1 aromatic carbocycles. The highest BCUT2D eigenvalue weighted by Gasteiger charge is 2.23. The van der Waals surface area contributed by atoms with Gasteiger partial charge >= 0.3 is 0 Å².